The van der Waals surface area contributed by atoms with Crippen molar-refractivity contribution in [1.29, 1.82) is 0 Å². The summed E-state index contributed by atoms with van der Waals surface area (Å²) in [6, 6.07) is 0.567. The molecule has 0 aromatic carbocycles. The van der Waals surface area contributed by atoms with Gasteiger partial charge in [-0.2, -0.15) is 0 Å². The van der Waals surface area contributed by atoms with Gasteiger partial charge < -0.3 is 10.3 Å². The summed E-state index contributed by atoms with van der Waals surface area (Å²) in [6.45, 7) is 6.98. The number of aryl methyl sites for hydroxylation is 2. The van der Waals surface area contributed by atoms with Gasteiger partial charge in [-0.1, -0.05) is 6.92 Å². The van der Waals surface area contributed by atoms with E-state index in [2.05, 4.69) is 22.2 Å². The minimum atomic E-state index is -0.00607. The summed E-state index contributed by atoms with van der Waals surface area (Å²) in [5, 5.41) is 4.27. The van der Waals surface area contributed by atoms with Crippen LogP contribution in [0.2, 0.25) is 0 Å². The standard InChI is InChI=1S/C15H21N3OS/c1-8-4-5-11(6-8)16-7-12-17-14(19)13-9(2)10(3)20-15(13)18-12/h8,11,16H,4-7H2,1-3H3,(H,17,18,19). The molecule has 4 nitrogen and oxygen atoms in total. The lowest BCUT2D eigenvalue weighted by atomic mass is 10.1. The SMILES string of the molecule is Cc1sc2nc(CNC3CCC(C)C3)[nH]c(=O)c2c1C. The smallest absolute Gasteiger partial charge is 0.259 e. The average Bonchev–Trinajstić information content (AvgIpc) is 2.92. The van der Waals surface area contributed by atoms with Gasteiger partial charge in [-0.25, -0.2) is 4.98 Å². The van der Waals surface area contributed by atoms with Gasteiger partial charge in [0.15, 0.2) is 0 Å². The second-order valence-corrected chi connectivity index (χ2v) is 7.18. The van der Waals surface area contributed by atoms with Crippen LogP contribution < -0.4 is 10.9 Å². The Morgan fingerprint density at radius 1 is 1.40 bits per heavy atom. The fraction of sp³-hybridized carbons (Fsp3) is 0.600. The van der Waals surface area contributed by atoms with Crippen molar-refractivity contribution in [2.75, 3.05) is 0 Å². The minimum Gasteiger partial charge on any atom is -0.309 e. The number of aromatic amines is 1. The molecule has 2 atom stereocenters. The molecule has 2 N–H and O–H groups in total. The Kier molecular flexibility index (Phi) is 3.65. The predicted octanol–water partition coefficient (Wildman–Crippen LogP) is 2.88. The number of rotatable bonds is 3. The van der Waals surface area contributed by atoms with Gasteiger partial charge in [-0.15, -0.1) is 11.3 Å². The molecule has 2 unspecified atom stereocenters. The molecule has 2 aromatic rings. The van der Waals surface area contributed by atoms with E-state index in [9.17, 15) is 4.79 Å². The van der Waals surface area contributed by atoms with Crippen molar-refractivity contribution in [3.05, 3.63) is 26.6 Å². The molecule has 3 rings (SSSR count). The predicted molar refractivity (Wildman–Crippen MR) is 83.4 cm³/mol. The Bertz CT molecular complexity index is 688. The number of hydrogen-bond donors (Lipinski definition) is 2. The number of H-pyrrole nitrogens is 1. The van der Waals surface area contributed by atoms with Crippen molar-refractivity contribution in [3.8, 4) is 0 Å². The number of aromatic nitrogens is 2. The largest absolute Gasteiger partial charge is 0.309 e. The van der Waals surface area contributed by atoms with Crippen LogP contribution in [0.1, 0.15) is 42.5 Å². The molecule has 0 radical (unpaired) electrons. The van der Waals surface area contributed by atoms with E-state index in [1.165, 1.54) is 24.1 Å². The maximum atomic E-state index is 12.2. The lowest BCUT2D eigenvalue weighted by molar-refractivity contribution is 0.494. The Morgan fingerprint density at radius 3 is 2.90 bits per heavy atom. The molecule has 1 aliphatic rings. The van der Waals surface area contributed by atoms with Crippen LogP contribution in [0.5, 0.6) is 0 Å². The highest BCUT2D eigenvalue weighted by Crippen LogP contribution is 2.26. The third-order valence-electron chi connectivity index (χ3n) is 4.34. The van der Waals surface area contributed by atoms with Gasteiger partial charge >= 0.3 is 0 Å². The van der Waals surface area contributed by atoms with Gasteiger partial charge in [0.05, 0.1) is 11.9 Å². The first-order valence-corrected chi connectivity index (χ1v) is 8.08. The summed E-state index contributed by atoms with van der Waals surface area (Å²) in [7, 11) is 0. The van der Waals surface area contributed by atoms with Gasteiger partial charge in [0, 0.05) is 10.9 Å². The van der Waals surface area contributed by atoms with Crippen LogP contribution >= 0.6 is 11.3 Å². The monoisotopic (exact) mass is 291 g/mol. The highest BCUT2D eigenvalue weighted by atomic mass is 32.1. The van der Waals surface area contributed by atoms with E-state index < -0.39 is 0 Å². The van der Waals surface area contributed by atoms with E-state index in [0.29, 0.717) is 12.6 Å². The third-order valence-corrected chi connectivity index (χ3v) is 5.44. The van der Waals surface area contributed by atoms with E-state index in [1.54, 1.807) is 11.3 Å². The van der Waals surface area contributed by atoms with Gasteiger partial charge in [0.25, 0.3) is 5.56 Å². The maximum absolute atomic E-state index is 12.2. The topological polar surface area (TPSA) is 57.8 Å². The summed E-state index contributed by atoms with van der Waals surface area (Å²) < 4.78 is 0. The molecular formula is C15H21N3OS. The molecule has 2 aromatic heterocycles. The van der Waals surface area contributed by atoms with Crippen molar-refractivity contribution < 1.29 is 0 Å². The first kappa shape index (κ1) is 13.8. The Labute approximate surface area is 122 Å². The molecule has 1 fully saturated rings. The van der Waals surface area contributed by atoms with Crippen molar-refractivity contribution in [1.82, 2.24) is 15.3 Å². The molecule has 0 amide bonds. The highest BCUT2D eigenvalue weighted by Gasteiger charge is 2.21. The van der Waals surface area contributed by atoms with Crippen LogP contribution in [-0.2, 0) is 6.54 Å². The van der Waals surface area contributed by atoms with Crippen LogP contribution in [-0.4, -0.2) is 16.0 Å². The Hall–Kier alpha value is -1.20. The van der Waals surface area contributed by atoms with Crippen LogP contribution in [0.15, 0.2) is 4.79 Å². The van der Waals surface area contributed by atoms with Crippen LogP contribution in [0.4, 0.5) is 0 Å². The zero-order chi connectivity index (χ0) is 14.3. The fourth-order valence-electron chi connectivity index (χ4n) is 3.02. The number of nitrogens with one attached hydrogen (secondary N) is 2. The molecule has 1 aliphatic carbocycles. The minimum absolute atomic E-state index is 0.00607. The molecule has 0 spiro atoms. The lowest BCUT2D eigenvalue weighted by Gasteiger charge is -2.11. The van der Waals surface area contributed by atoms with E-state index >= 15 is 0 Å². The first-order valence-electron chi connectivity index (χ1n) is 7.27. The van der Waals surface area contributed by atoms with E-state index in [4.69, 9.17) is 0 Å². The summed E-state index contributed by atoms with van der Waals surface area (Å²) in [6.07, 6.45) is 3.75. The maximum Gasteiger partial charge on any atom is 0.259 e. The zero-order valence-corrected chi connectivity index (χ0v) is 13.1. The van der Waals surface area contributed by atoms with Crippen LogP contribution in [0, 0.1) is 19.8 Å². The van der Waals surface area contributed by atoms with Crippen molar-refractivity contribution in [2.24, 2.45) is 5.92 Å². The van der Waals surface area contributed by atoms with Gasteiger partial charge in [-0.3, -0.25) is 4.79 Å². The third kappa shape index (κ3) is 2.52. The van der Waals surface area contributed by atoms with Crippen molar-refractivity contribution in [2.45, 2.75) is 52.6 Å². The number of fused-ring (bicyclic) bond motifs is 1. The molecular weight excluding hydrogens is 270 g/mol. The molecule has 20 heavy (non-hydrogen) atoms. The highest BCUT2D eigenvalue weighted by molar-refractivity contribution is 7.18. The molecule has 108 valence electrons. The fourth-order valence-corrected chi connectivity index (χ4v) is 4.07. The van der Waals surface area contributed by atoms with E-state index in [1.807, 2.05) is 13.8 Å². The summed E-state index contributed by atoms with van der Waals surface area (Å²) >= 11 is 1.61. The number of hydrogen-bond acceptors (Lipinski definition) is 4. The second kappa shape index (κ2) is 5.30. The van der Waals surface area contributed by atoms with Crippen LogP contribution in [0.3, 0.4) is 0 Å². The number of thiophene rings is 1. The van der Waals surface area contributed by atoms with E-state index in [0.717, 1.165) is 27.5 Å². The first-order chi connectivity index (χ1) is 9.54. The summed E-state index contributed by atoms with van der Waals surface area (Å²) in [4.78, 5) is 21.7. The normalized spacial score (nSPS) is 22.8. The molecule has 0 bridgehead atoms. The second-order valence-electron chi connectivity index (χ2n) is 5.97. The Morgan fingerprint density at radius 2 is 2.20 bits per heavy atom. The summed E-state index contributed by atoms with van der Waals surface area (Å²) in [5.74, 6) is 1.56. The molecule has 2 heterocycles. The van der Waals surface area contributed by atoms with E-state index in [-0.39, 0.29) is 5.56 Å². The summed E-state index contributed by atoms with van der Waals surface area (Å²) in [5.41, 5.74) is 1.05. The zero-order valence-electron chi connectivity index (χ0n) is 12.2. The van der Waals surface area contributed by atoms with Crippen molar-refractivity contribution >= 4 is 21.6 Å². The lowest BCUT2D eigenvalue weighted by Crippen LogP contribution is -2.27. The molecule has 5 heteroatoms. The average molecular weight is 291 g/mol. The number of nitrogens with zero attached hydrogens (tertiary/aromatic N) is 1. The molecule has 0 saturated heterocycles. The van der Waals surface area contributed by atoms with Gasteiger partial charge in [0.1, 0.15) is 10.7 Å². The van der Waals surface area contributed by atoms with Crippen molar-refractivity contribution in [3.63, 3.8) is 0 Å². The van der Waals surface area contributed by atoms with Gasteiger partial charge in [-0.05, 0) is 44.6 Å². The Balaban J connectivity index is 1.80. The quantitative estimate of drug-likeness (QED) is 0.914. The molecule has 0 aliphatic heterocycles. The van der Waals surface area contributed by atoms with Gasteiger partial charge in [0.2, 0.25) is 0 Å². The van der Waals surface area contributed by atoms with Crippen LogP contribution in [0.25, 0.3) is 10.2 Å². The molecule has 1 saturated carbocycles.